The predicted molar refractivity (Wildman–Crippen MR) is 117 cm³/mol. The molecule has 0 heteroatoms. The lowest BCUT2D eigenvalue weighted by molar-refractivity contribution is 0.562. The molecule has 0 saturated heterocycles. The van der Waals surface area contributed by atoms with E-state index in [1.165, 1.54) is 116 Å². The number of hydrogen-bond donors (Lipinski definition) is 0. The monoisotopic (exact) mass is 342 g/mol. The van der Waals surface area contributed by atoms with Crippen molar-refractivity contribution in [1.82, 2.24) is 0 Å². The summed E-state index contributed by atoms with van der Waals surface area (Å²) in [6, 6.07) is 0. The smallest absolute Gasteiger partial charge is 0.0533 e. The highest BCUT2D eigenvalue weighted by Crippen LogP contribution is 2.10. The van der Waals surface area contributed by atoms with Crippen molar-refractivity contribution in [3.63, 3.8) is 0 Å². The summed E-state index contributed by atoms with van der Waals surface area (Å²) in [5.41, 5.74) is 0. The van der Waals surface area contributed by atoms with Crippen molar-refractivity contribution in [1.29, 1.82) is 0 Å². The van der Waals surface area contributed by atoms with E-state index < -0.39 is 0 Å². The lowest BCUT2D eigenvalue weighted by Gasteiger charge is -1.99. The zero-order chi connectivity index (χ0) is 18.7. The van der Waals surface area contributed by atoms with Gasteiger partial charge in [-0.1, -0.05) is 157 Å². The van der Waals surface area contributed by atoms with Crippen LogP contribution in [-0.4, -0.2) is 0 Å². The van der Waals surface area contributed by atoms with Gasteiger partial charge in [0.2, 0.25) is 0 Å². The van der Waals surface area contributed by atoms with E-state index in [2.05, 4.69) is 27.7 Å². The molecule has 0 aliphatic carbocycles. The van der Waals surface area contributed by atoms with Crippen LogP contribution in [0.3, 0.4) is 0 Å². The van der Waals surface area contributed by atoms with Gasteiger partial charge in [-0.3, -0.25) is 0 Å². The fourth-order valence-electron chi connectivity index (χ4n) is 2.77. The number of rotatable bonds is 16. The quantitative estimate of drug-likeness (QED) is 0.245. The third-order valence-electron chi connectivity index (χ3n) is 4.41. The lowest BCUT2D eigenvalue weighted by Crippen LogP contribution is -1.80. The number of hydrogen-bond acceptors (Lipinski definition) is 0. The van der Waals surface area contributed by atoms with E-state index in [0.29, 0.717) is 0 Å². The SMILES string of the molecule is CC.CCCCCCCCCC.CCCCCCCCCCCC. The highest BCUT2D eigenvalue weighted by molar-refractivity contribution is 4.46. The maximum Gasteiger partial charge on any atom is -0.0533 e. The van der Waals surface area contributed by atoms with Crippen LogP contribution in [0.1, 0.15) is 157 Å². The molecular formula is C24H54. The number of unbranched alkanes of at least 4 members (excludes halogenated alkanes) is 16. The minimum Gasteiger partial charge on any atom is -0.0683 e. The van der Waals surface area contributed by atoms with Gasteiger partial charge in [-0.25, -0.2) is 0 Å². The molecular weight excluding hydrogens is 288 g/mol. The van der Waals surface area contributed by atoms with Crippen LogP contribution in [0.15, 0.2) is 0 Å². The summed E-state index contributed by atoms with van der Waals surface area (Å²) >= 11 is 0. The van der Waals surface area contributed by atoms with Crippen molar-refractivity contribution < 1.29 is 0 Å². The van der Waals surface area contributed by atoms with E-state index in [-0.39, 0.29) is 0 Å². The first-order valence-electron chi connectivity index (χ1n) is 11.8. The van der Waals surface area contributed by atoms with Crippen LogP contribution in [0, 0.1) is 0 Å². The summed E-state index contributed by atoms with van der Waals surface area (Å²) in [7, 11) is 0. The molecule has 0 fully saturated rings. The molecule has 0 aliphatic rings. The van der Waals surface area contributed by atoms with Gasteiger partial charge >= 0.3 is 0 Å². The Kier molecular flexibility index (Phi) is 41.2. The van der Waals surface area contributed by atoms with E-state index in [0.717, 1.165) is 0 Å². The lowest BCUT2D eigenvalue weighted by atomic mass is 10.1. The molecule has 0 radical (unpaired) electrons. The maximum absolute atomic E-state index is 2.28. The topological polar surface area (TPSA) is 0 Å². The Morgan fingerprint density at radius 3 is 0.500 bits per heavy atom. The van der Waals surface area contributed by atoms with Crippen LogP contribution in [0.5, 0.6) is 0 Å². The Morgan fingerprint density at radius 2 is 0.375 bits per heavy atom. The van der Waals surface area contributed by atoms with Crippen LogP contribution in [0.25, 0.3) is 0 Å². The Morgan fingerprint density at radius 1 is 0.250 bits per heavy atom. The Balaban J connectivity index is -0.000000337. The summed E-state index contributed by atoms with van der Waals surface area (Å²) in [4.78, 5) is 0. The Hall–Kier alpha value is 0. The third kappa shape index (κ3) is 37.9. The molecule has 0 spiro atoms. The second-order valence-electron chi connectivity index (χ2n) is 6.95. The van der Waals surface area contributed by atoms with Crippen molar-refractivity contribution in [2.45, 2.75) is 157 Å². The van der Waals surface area contributed by atoms with E-state index in [9.17, 15) is 0 Å². The van der Waals surface area contributed by atoms with E-state index >= 15 is 0 Å². The second kappa shape index (κ2) is 34.4. The van der Waals surface area contributed by atoms with Crippen molar-refractivity contribution in [3.05, 3.63) is 0 Å². The van der Waals surface area contributed by atoms with Crippen molar-refractivity contribution >= 4 is 0 Å². The molecule has 0 nitrogen and oxygen atoms in total. The molecule has 0 amide bonds. The van der Waals surface area contributed by atoms with Gasteiger partial charge in [0.1, 0.15) is 0 Å². The van der Waals surface area contributed by atoms with Crippen molar-refractivity contribution in [2.75, 3.05) is 0 Å². The first-order valence-corrected chi connectivity index (χ1v) is 11.8. The molecule has 150 valence electrons. The van der Waals surface area contributed by atoms with Gasteiger partial charge in [0, 0.05) is 0 Å². The van der Waals surface area contributed by atoms with Gasteiger partial charge in [0.15, 0.2) is 0 Å². The molecule has 0 saturated carbocycles. The van der Waals surface area contributed by atoms with E-state index in [1.54, 1.807) is 0 Å². The van der Waals surface area contributed by atoms with Gasteiger partial charge in [-0.2, -0.15) is 0 Å². The zero-order valence-corrected chi connectivity index (χ0v) is 18.7. The third-order valence-corrected chi connectivity index (χ3v) is 4.41. The Bertz CT molecular complexity index is 132. The van der Waals surface area contributed by atoms with Gasteiger partial charge in [-0.15, -0.1) is 0 Å². The van der Waals surface area contributed by atoms with Crippen LogP contribution < -0.4 is 0 Å². The first kappa shape index (κ1) is 28.8. The first-order chi connectivity index (χ1) is 11.8. The fraction of sp³-hybridized carbons (Fsp3) is 1.00. The Labute approximate surface area is 157 Å². The molecule has 0 aliphatic heterocycles. The van der Waals surface area contributed by atoms with Crippen LogP contribution in [0.2, 0.25) is 0 Å². The molecule has 0 aromatic rings. The molecule has 0 aromatic carbocycles. The zero-order valence-electron chi connectivity index (χ0n) is 18.7. The molecule has 0 rings (SSSR count). The average molecular weight is 343 g/mol. The predicted octanol–water partition coefficient (Wildman–Crippen LogP) is 10.1. The summed E-state index contributed by atoms with van der Waals surface area (Å²) < 4.78 is 0. The van der Waals surface area contributed by atoms with E-state index in [4.69, 9.17) is 0 Å². The largest absolute Gasteiger partial charge is 0.0683 e. The highest BCUT2D eigenvalue weighted by atomic mass is 14.0. The summed E-state index contributed by atoms with van der Waals surface area (Å²) in [6.45, 7) is 13.1. The molecule has 24 heavy (non-hydrogen) atoms. The molecule has 0 heterocycles. The minimum atomic E-state index is 1.37. The average Bonchev–Trinajstić information content (AvgIpc) is 2.63. The molecule has 0 bridgehead atoms. The van der Waals surface area contributed by atoms with Crippen LogP contribution in [0.4, 0.5) is 0 Å². The normalized spacial score (nSPS) is 9.75. The minimum absolute atomic E-state index is 1.37. The molecule has 0 N–H and O–H groups in total. The maximum atomic E-state index is 2.28. The van der Waals surface area contributed by atoms with Crippen molar-refractivity contribution in [3.8, 4) is 0 Å². The molecule has 0 atom stereocenters. The van der Waals surface area contributed by atoms with Gasteiger partial charge < -0.3 is 0 Å². The van der Waals surface area contributed by atoms with Crippen LogP contribution in [-0.2, 0) is 0 Å². The molecule has 0 unspecified atom stereocenters. The fourth-order valence-corrected chi connectivity index (χ4v) is 2.77. The van der Waals surface area contributed by atoms with Gasteiger partial charge in [0.05, 0.1) is 0 Å². The standard InChI is InChI=1S/C12H26.C10H22.C2H6/c1-3-5-7-9-11-12-10-8-6-4-2;1-3-5-7-9-10-8-6-4-2;1-2/h3-12H2,1-2H3;3-10H2,1-2H3;1-2H3. The highest BCUT2D eigenvalue weighted by Gasteiger charge is 1.90. The van der Waals surface area contributed by atoms with Crippen molar-refractivity contribution in [2.24, 2.45) is 0 Å². The van der Waals surface area contributed by atoms with Crippen LogP contribution >= 0.6 is 0 Å². The van der Waals surface area contributed by atoms with Gasteiger partial charge in [-0.05, 0) is 0 Å². The summed E-state index contributed by atoms with van der Waals surface area (Å²) in [6.07, 6.45) is 25.9. The second-order valence-corrected chi connectivity index (χ2v) is 6.95. The molecule has 0 aromatic heterocycles. The summed E-state index contributed by atoms with van der Waals surface area (Å²) in [5.74, 6) is 0. The van der Waals surface area contributed by atoms with Gasteiger partial charge in [0.25, 0.3) is 0 Å². The summed E-state index contributed by atoms with van der Waals surface area (Å²) in [5, 5.41) is 0. The van der Waals surface area contributed by atoms with E-state index in [1.807, 2.05) is 13.8 Å².